The minimum Gasteiger partial charge on any atom is -0.372 e. The van der Waals surface area contributed by atoms with E-state index in [-0.39, 0.29) is 10.8 Å². The minimum atomic E-state index is -0.139. The smallest absolute Gasteiger partial charge is 0.204 e. The molecule has 0 radical (unpaired) electrons. The quantitative estimate of drug-likeness (QED) is 0.172. The molecule has 1 rings (SSSR count). The molecule has 3 nitrogen and oxygen atoms in total. The molecule has 0 saturated carbocycles. The standard InChI is InChI=1S/C27H50N2OS/c1-7-9-11-13-15-17-19-29(20-18-16-14-12-10-8-2)22-21-28(6)24-23(27(3,4)5)25(30)26(24)31/h7-22H2,1-6H3. The highest BCUT2D eigenvalue weighted by molar-refractivity contribution is 7.71. The van der Waals surface area contributed by atoms with Crippen molar-refractivity contribution in [3.63, 3.8) is 0 Å². The second-order valence-corrected chi connectivity index (χ2v) is 10.8. The monoisotopic (exact) mass is 450 g/mol. The Morgan fingerprint density at radius 1 is 0.710 bits per heavy atom. The van der Waals surface area contributed by atoms with Crippen LogP contribution in [0.2, 0.25) is 0 Å². The first-order chi connectivity index (χ1) is 14.7. The molecule has 180 valence electrons. The van der Waals surface area contributed by atoms with E-state index in [0.717, 1.165) is 24.3 Å². The summed E-state index contributed by atoms with van der Waals surface area (Å²) in [5.74, 6) is 0. The number of rotatable bonds is 18. The Balaban J connectivity index is 2.56. The van der Waals surface area contributed by atoms with Crippen molar-refractivity contribution in [2.45, 2.75) is 117 Å². The summed E-state index contributed by atoms with van der Waals surface area (Å²) < 4.78 is 0.533. The van der Waals surface area contributed by atoms with Gasteiger partial charge in [0.15, 0.2) is 0 Å². The predicted octanol–water partition coefficient (Wildman–Crippen LogP) is 7.41. The van der Waals surface area contributed by atoms with Crippen LogP contribution >= 0.6 is 12.2 Å². The third-order valence-electron chi connectivity index (χ3n) is 6.42. The maximum atomic E-state index is 12.3. The first-order valence-electron chi connectivity index (χ1n) is 13.0. The van der Waals surface area contributed by atoms with E-state index in [9.17, 15) is 4.79 Å². The van der Waals surface area contributed by atoms with Crippen molar-refractivity contribution in [3.05, 3.63) is 20.3 Å². The summed E-state index contributed by atoms with van der Waals surface area (Å²) in [4.78, 5) is 17.2. The van der Waals surface area contributed by atoms with E-state index in [1.54, 1.807) is 0 Å². The fourth-order valence-corrected chi connectivity index (χ4v) is 4.77. The molecule has 4 heteroatoms. The lowest BCUT2D eigenvalue weighted by molar-refractivity contribution is 0.265. The van der Waals surface area contributed by atoms with E-state index in [2.05, 4.69) is 51.5 Å². The van der Waals surface area contributed by atoms with Crippen molar-refractivity contribution < 1.29 is 0 Å². The first-order valence-corrected chi connectivity index (χ1v) is 13.4. The van der Waals surface area contributed by atoms with Crippen LogP contribution in [0.25, 0.3) is 0 Å². The van der Waals surface area contributed by atoms with Crippen LogP contribution < -0.4 is 10.3 Å². The molecule has 0 heterocycles. The first kappa shape index (κ1) is 28.3. The van der Waals surface area contributed by atoms with Crippen LogP contribution in [0.5, 0.6) is 0 Å². The fraction of sp³-hybridized carbons (Fsp3) is 0.852. The molecule has 0 aromatic heterocycles. The number of nitrogens with zero attached hydrogens (tertiary/aromatic N) is 2. The van der Waals surface area contributed by atoms with E-state index in [4.69, 9.17) is 12.2 Å². The van der Waals surface area contributed by atoms with Gasteiger partial charge in [-0.25, -0.2) is 0 Å². The van der Waals surface area contributed by atoms with Crippen molar-refractivity contribution in [2.75, 3.05) is 38.1 Å². The van der Waals surface area contributed by atoms with Crippen LogP contribution in [-0.2, 0) is 5.41 Å². The van der Waals surface area contributed by atoms with E-state index >= 15 is 0 Å². The molecule has 31 heavy (non-hydrogen) atoms. The zero-order valence-electron chi connectivity index (χ0n) is 21.5. The van der Waals surface area contributed by atoms with Gasteiger partial charge in [-0.1, -0.05) is 111 Å². The molecule has 1 aromatic rings. The Labute approximate surface area is 198 Å². The lowest BCUT2D eigenvalue weighted by Gasteiger charge is -2.32. The molecule has 0 aliphatic carbocycles. The maximum absolute atomic E-state index is 12.3. The Morgan fingerprint density at radius 3 is 1.61 bits per heavy atom. The summed E-state index contributed by atoms with van der Waals surface area (Å²) in [7, 11) is 2.10. The van der Waals surface area contributed by atoms with Gasteiger partial charge < -0.3 is 9.80 Å². The highest BCUT2D eigenvalue weighted by atomic mass is 32.1. The molecular formula is C27H50N2OS. The molecule has 0 atom stereocenters. The van der Waals surface area contributed by atoms with Gasteiger partial charge in [-0.3, -0.25) is 4.79 Å². The van der Waals surface area contributed by atoms with E-state index in [1.807, 2.05) is 0 Å². The second-order valence-electron chi connectivity index (χ2n) is 10.4. The Kier molecular flexibility index (Phi) is 13.8. The van der Waals surface area contributed by atoms with Crippen LogP contribution in [-0.4, -0.2) is 38.1 Å². The second kappa shape index (κ2) is 15.2. The molecule has 0 spiro atoms. The van der Waals surface area contributed by atoms with Gasteiger partial charge in [-0.2, -0.15) is 0 Å². The van der Waals surface area contributed by atoms with Crippen molar-refractivity contribution in [1.29, 1.82) is 0 Å². The number of likely N-dealkylation sites (N-methyl/N-ethyl adjacent to an activating group) is 1. The third kappa shape index (κ3) is 10.2. The molecule has 1 aromatic carbocycles. The fourth-order valence-electron chi connectivity index (χ4n) is 4.41. The zero-order chi connectivity index (χ0) is 23.3. The van der Waals surface area contributed by atoms with Crippen LogP contribution in [0.3, 0.4) is 0 Å². The summed E-state index contributed by atoms with van der Waals surface area (Å²) in [6.07, 6.45) is 16.2. The van der Waals surface area contributed by atoms with Crippen molar-refractivity contribution in [3.8, 4) is 0 Å². The van der Waals surface area contributed by atoms with Gasteiger partial charge in [0, 0.05) is 25.7 Å². The van der Waals surface area contributed by atoms with Crippen LogP contribution in [0.4, 0.5) is 5.69 Å². The van der Waals surface area contributed by atoms with E-state index < -0.39 is 0 Å². The molecule has 0 bridgehead atoms. The van der Waals surface area contributed by atoms with Gasteiger partial charge in [0.1, 0.15) is 4.51 Å². The maximum Gasteiger partial charge on any atom is 0.204 e. The number of anilines is 1. The molecular weight excluding hydrogens is 400 g/mol. The van der Waals surface area contributed by atoms with Crippen LogP contribution in [0.15, 0.2) is 4.79 Å². The Hall–Kier alpha value is -0.740. The molecule has 0 aliphatic rings. The van der Waals surface area contributed by atoms with Crippen molar-refractivity contribution >= 4 is 17.9 Å². The molecule has 0 aliphatic heterocycles. The Bertz CT molecular complexity index is 654. The lowest BCUT2D eigenvalue weighted by Crippen LogP contribution is -2.39. The minimum absolute atomic E-state index is 0.0837. The molecule has 0 fully saturated rings. The lowest BCUT2D eigenvalue weighted by atomic mass is 9.82. The summed E-state index contributed by atoms with van der Waals surface area (Å²) in [5, 5.41) is 0. The molecule has 0 amide bonds. The SMILES string of the molecule is CCCCCCCCN(CCCCCCCC)CCN(C)c1c(C(C)(C)C)c(=O)c1=S. The molecule has 0 N–H and O–H groups in total. The average Bonchev–Trinajstić information content (AvgIpc) is 2.72. The number of hydrogen-bond acceptors (Lipinski definition) is 4. The summed E-state index contributed by atoms with van der Waals surface area (Å²) in [5.41, 5.74) is 1.88. The largest absolute Gasteiger partial charge is 0.372 e. The van der Waals surface area contributed by atoms with Gasteiger partial charge in [-0.05, 0) is 31.3 Å². The third-order valence-corrected chi connectivity index (χ3v) is 6.80. The summed E-state index contributed by atoms with van der Waals surface area (Å²) in [6.45, 7) is 15.3. The zero-order valence-corrected chi connectivity index (χ0v) is 22.3. The van der Waals surface area contributed by atoms with Crippen LogP contribution in [0, 0.1) is 4.51 Å². The van der Waals surface area contributed by atoms with Gasteiger partial charge >= 0.3 is 0 Å². The summed E-state index contributed by atoms with van der Waals surface area (Å²) >= 11 is 5.41. The van der Waals surface area contributed by atoms with Gasteiger partial charge in [0.2, 0.25) is 5.43 Å². The summed E-state index contributed by atoms with van der Waals surface area (Å²) in [6, 6.07) is 0. The van der Waals surface area contributed by atoms with Gasteiger partial charge in [0.05, 0.1) is 5.69 Å². The molecule has 0 saturated heterocycles. The van der Waals surface area contributed by atoms with E-state index in [1.165, 1.54) is 90.1 Å². The number of unbranched alkanes of at least 4 members (excludes halogenated alkanes) is 10. The van der Waals surface area contributed by atoms with Crippen molar-refractivity contribution in [1.82, 2.24) is 4.90 Å². The topological polar surface area (TPSA) is 23.6 Å². The number of hydrogen-bond donors (Lipinski definition) is 0. The highest BCUT2D eigenvalue weighted by Crippen LogP contribution is 2.32. The predicted molar refractivity (Wildman–Crippen MR) is 141 cm³/mol. The Morgan fingerprint density at radius 2 is 1.16 bits per heavy atom. The normalized spacial score (nSPS) is 12.2. The van der Waals surface area contributed by atoms with Crippen molar-refractivity contribution in [2.24, 2.45) is 0 Å². The van der Waals surface area contributed by atoms with Gasteiger partial charge in [0.25, 0.3) is 0 Å². The average molecular weight is 451 g/mol. The van der Waals surface area contributed by atoms with Crippen LogP contribution in [0.1, 0.15) is 117 Å². The molecule has 0 unspecified atom stereocenters. The van der Waals surface area contributed by atoms with Gasteiger partial charge in [-0.15, -0.1) is 0 Å². The van der Waals surface area contributed by atoms with E-state index in [0.29, 0.717) is 4.51 Å². The highest BCUT2D eigenvalue weighted by Gasteiger charge is 2.30.